The zero-order valence-electron chi connectivity index (χ0n) is 11.2. The van der Waals surface area contributed by atoms with Crippen molar-refractivity contribution in [3.63, 3.8) is 0 Å². The van der Waals surface area contributed by atoms with Crippen LogP contribution in [-0.2, 0) is 18.1 Å². The van der Waals surface area contributed by atoms with Crippen LogP contribution in [0.1, 0.15) is 20.8 Å². The Morgan fingerprint density at radius 1 is 1.31 bits per heavy atom. The van der Waals surface area contributed by atoms with Gasteiger partial charge in [0.05, 0.1) is 26.7 Å². The molecule has 0 aromatic heterocycles. The van der Waals surface area contributed by atoms with Crippen molar-refractivity contribution in [2.45, 2.75) is 26.9 Å². The second kappa shape index (κ2) is 6.72. The second-order valence-electron chi connectivity index (χ2n) is 4.59. The number of rotatable bonds is 8. The summed E-state index contributed by atoms with van der Waals surface area (Å²) in [7, 11) is 2.15. The van der Waals surface area contributed by atoms with Gasteiger partial charge in [0.1, 0.15) is 13.2 Å². The second-order valence-corrected chi connectivity index (χ2v) is 6.32. The van der Waals surface area contributed by atoms with Crippen LogP contribution in [0.3, 0.4) is 0 Å². The summed E-state index contributed by atoms with van der Waals surface area (Å²) in [6.07, 6.45) is -0.181. The van der Waals surface area contributed by atoms with Gasteiger partial charge >= 0.3 is 7.82 Å². The van der Waals surface area contributed by atoms with Crippen LogP contribution in [0.4, 0.5) is 0 Å². The van der Waals surface area contributed by atoms with Gasteiger partial charge in [-0.2, -0.15) is 0 Å². The average Bonchev–Trinajstić information content (AvgIpc) is 2.16. The van der Waals surface area contributed by atoms with Crippen molar-refractivity contribution in [3.8, 4) is 0 Å². The minimum absolute atomic E-state index is 0.181. The molecule has 0 heterocycles. The summed E-state index contributed by atoms with van der Waals surface area (Å²) >= 11 is 0. The van der Waals surface area contributed by atoms with Crippen molar-refractivity contribution in [3.05, 3.63) is 0 Å². The molecule has 1 unspecified atom stereocenters. The summed E-state index contributed by atoms with van der Waals surface area (Å²) in [5, 5.41) is 0. The predicted molar refractivity (Wildman–Crippen MR) is 64.3 cm³/mol. The molecule has 0 aliphatic heterocycles. The maximum absolute atomic E-state index is 11.9. The fraction of sp³-hybridized carbons (Fsp3) is 1.00. The smallest absolute Gasteiger partial charge is 0.327 e. The first kappa shape index (κ1) is 16.1. The minimum Gasteiger partial charge on any atom is -0.327 e. The van der Waals surface area contributed by atoms with Crippen molar-refractivity contribution in [1.82, 2.24) is 0 Å². The number of nitrogens with zero attached hydrogens (tertiary/aromatic N) is 1. The van der Waals surface area contributed by atoms with Crippen LogP contribution < -0.4 is 0 Å². The van der Waals surface area contributed by atoms with Gasteiger partial charge in [-0.1, -0.05) is 0 Å². The maximum Gasteiger partial charge on any atom is 0.474 e. The van der Waals surface area contributed by atoms with Gasteiger partial charge in [-0.05, 0) is 20.8 Å². The molecule has 0 rings (SSSR count). The van der Waals surface area contributed by atoms with Crippen molar-refractivity contribution in [2.75, 3.05) is 40.9 Å². The Morgan fingerprint density at radius 3 is 2.25 bits per heavy atom. The number of likely N-dealkylation sites (N-methyl/N-ethyl adjacent to an activating group) is 1. The number of hydrogen-bond donors (Lipinski definition) is 0. The maximum atomic E-state index is 11.9. The van der Waals surface area contributed by atoms with E-state index in [-0.39, 0.29) is 6.10 Å². The monoisotopic (exact) mass is 254 g/mol. The van der Waals surface area contributed by atoms with Crippen LogP contribution in [-0.4, -0.2) is 51.5 Å². The lowest BCUT2D eigenvalue weighted by Gasteiger charge is -2.28. The topological polar surface area (TPSA) is 44.8 Å². The third kappa shape index (κ3) is 6.61. The van der Waals surface area contributed by atoms with Crippen molar-refractivity contribution < 1.29 is 22.6 Å². The van der Waals surface area contributed by atoms with E-state index in [9.17, 15) is 4.57 Å². The number of quaternary nitrogens is 1. The first-order valence-electron chi connectivity index (χ1n) is 5.55. The Hall–Kier alpha value is 0.0700. The van der Waals surface area contributed by atoms with E-state index in [1.807, 2.05) is 0 Å². The van der Waals surface area contributed by atoms with E-state index >= 15 is 0 Å². The van der Waals surface area contributed by atoms with Gasteiger partial charge in [0.25, 0.3) is 0 Å². The zero-order valence-corrected chi connectivity index (χ0v) is 12.1. The van der Waals surface area contributed by atoms with Crippen molar-refractivity contribution in [2.24, 2.45) is 0 Å². The zero-order chi connectivity index (χ0) is 12.8. The highest BCUT2D eigenvalue weighted by Gasteiger charge is 2.27. The first-order chi connectivity index (χ1) is 7.24. The lowest BCUT2D eigenvalue weighted by atomic mass is 10.4. The molecule has 0 amide bonds. The molecule has 0 saturated heterocycles. The molecule has 16 heavy (non-hydrogen) atoms. The van der Waals surface area contributed by atoms with Gasteiger partial charge in [0.15, 0.2) is 0 Å². The Balaban J connectivity index is 4.11. The molecule has 0 fully saturated rings. The first-order valence-corrected chi connectivity index (χ1v) is 7.01. The van der Waals surface area contributed by atoms with E-state index in [4.69, 9.17) is 13.6 Å². The van der Waals surface area contributed by atoms with Gasteiger partial charge in [-0.15, -0.1) is 0 Å². The predicted octanol–water partition coefficient (Wildman–Crippen LogP) is 2.28. The van der Waals surface area contributed by atoms with Crippen LogP contribution in [0.25, 0.3) is 0 Å². The Morgan fingerprint density at radius 2 is 1.88 bits per heavy atom. The molecule has 0 radical (unpaired) electrons. The molecule has 1 atom stereocenters. The molecule has 0 aliphatic rings. The summed E-state index contributed by atoms with van der Waals surface area (Å²) in [4.78, 5) is 0. The SMILES string of the molecule is CC[N+](C)(C)CCOP(=O)(OC)OC(C)C. The molecule has 98 valence electrons. The van der Waals surface area contributed by atoms with E-state index in [1.54, 1.807) is 13.8 Å². The van der Waals surface area contributed by atoms with E-state index in [1.165, 1.54) is 7.11 Å². The van der Waals surface area contributed by atoms with E-state index in [0.717, 1.165) is 17.6 Å². The lowest BCUT2D eigenvalue weighted by molar-refractivity contribution is -0.888. The van der Waals surface area contributed by atoms with E-state index in [0.29, 0.717) is 6.61 Å². The van der Waals surface area contributed by atoms with Gasteiger partial charge < -0.3 is 4.48 Å². The van der Waals surface area contributed by atoms with Crippen LogP contribution in [0, 0.1) is 0 Å². The van der Waals surface area contributed by atoms with Crippen molar-refractivity contribution in [1.29, 1.82) is 0 Å². The third-order valence-corrected chi connectivity index (χ3v) is 3.99. The molecule has 5 nitrogen and oxygen atoms in total. The molecule has 0 bridgehead atoms. The van der Waals surface area contributed by atoms with Crippen LogP contribution in [0.15, 0.2) is 0 Å². The molecule has 6 heteroatoms. The summed E-state index contributed by atoms with van der Waals surface area (Å²) in [6.45, 7) is 7.80. The third-order valence-electron chi connectivity index (χ3n) is 2.37. The lowest BCUT2D eigenvalue weighted by Crippen LogP contribution is -2.41. The molecule has 0 N–H and O–H groups in total. The number of hydrogen-bond acceptors (Lipinski definition) is 4. The fourth-order valence-electron chi connectivity index (χ4n) is 0.942. The fourth-order valence-corrected chi connectivity index (χ4v) is 2.02. The minimum atomic E-state index is -3.36. The summed E-state index contributed by atoms with van der Waals surface area (Å²) < 4.78 is 27.9. The quantitative estimate of drug-likeness (QED) is 0.492. The largest absolute Gasteiger partial charge is 0.474 e. The summed E-state index contributed by atoms with van der Waals surface area (Å²) in [6, 6.07) is 0. The van der Waals surface area contributed by atoms with Gasteiger partial charge in [0, 0.05) is 7.11 Å². The molecular formula is C10H25NO4P+. The average molecular weight is 254 g/mol. The number of phosphoric acid groups is 1. The van der Waals surface area contributed by atoms with Gasteiger partial charge in [0.2, 0.25) is 0 Å². The highest BCUT2D eigenvalue weighted by molar-refractivity contribution is 7.48. The Bertz CT molecular complexity index is 243. The highest BCUT2D eigenvalue weighted by atomic mass is 31.2. The van der Waals surface area contributed by atoms with Crippen LogP contribution in [0.5, 0.6) is 0 Å². The molecule has 0 saturated carbocycles. The standard InChI is InChI=1S/C10H25NO4P/c1-7-11(4,5)8-9-14-16(12,13-6)15-10(2)3/h10H,7-9H2,1-6H3/q+1. The number of phosphoric ester groups is 1. The Labute approximate surface area is 98.9 Å². The Kier molecular flexibility index (Phi) is 6.75. The molecule has 0 aromatic rings. The highest BCUT2D eigenvalue weighted by Crippen LogP contribution is 2.49. The summed E-state index contributed by atoms with van der Waals surface area (Å²) in [5.74, 6) is 0. The molecule has 0 aromatic carbocycles. The van der Waals surface area contributed by atoms with Gasteiger partial charge in [-0.3, -0.25) is 13.6 Å². The van der Waals surface area contributed by atoms with E-state index in [2.05, 4.69) is 21.0 Å². The summed E-state index contributed by atoms with van der Waals surface area (Å²) in [5.41, 5.74) is 0. The van der Waals surface area contributed by atoms with Crippen LogP contribution >= 0.6 is 7.82 Å². The van der Waals surface area contributed by atoms with Gasteiger partial charge in [-0.25, -0.2) is 4.57 Å². The molecule has 0 aliphatic carbocycles. The van der Waals surface area contributed by atoms with Crippen molar-refractivity contribution >= 4 is 7.82 Å². The molecular weight excluding hydrogens is 229 g/mol. The normalized spacial score (nSPS) is 16.4. The van der Waals surface area contributed by atoms with Crippen LogP contribution in [0.2, 0.25) is 0 Å². The van der Waals surface area contributed by atoms with E-state index < -0.39 is 7.82 Å². The molecule has 0 spiro atoms.